The quantitative estimate of drug-likeness (QED) is 0.106. The molecule has 0 aliphatic rings. The largest absolute Gasteiger partial charge is 0 e. The number of para-hydroxylation sites is 1. The third-order valence-electron chi connectivity index (χ3n) is 12.3. The van der Waals surface area contributed by atoms with E-state index in [-0.39, 0.29) is 31.9 Å². The summed E-state index contributed by atoms with van der Waals surface area (Å²) in [6.45, 7) is 9.01. The second kappa shape index (κ2) is 19.6. The number of aromatic nitrogens is 5. The van der Waals surface area contributed by atoms with Gasteiger partial charge in [0.05, 0.1) is 16.9 Å². The van der Waals surface area contributed by atoms with E-state index in [1.807, 2.05) is 109 Å². The van der Waals surface area contributed by atoms with Crippen molar-refractivity contribution in [2.45, 2.75) is 63.2 Å². The zero-order valence-electron chi connectivity index (χ0n) is 41.3. The van der Waals surface area contributed by atoms with Crippen molar-refractivity contribution < 1.29 is 27.3 Å². The molecular weight excluding hydrogens is 1070 g/mol. The van der Waals surface area contributed by atoms with E-state index < -0.39 is 19.6 Å². The van der Waals surface area contributed by atoms with Crippen molar-refractivity contribution in [1.29, 1.82) is 0 Å². The van der Waals surface area contributed by atoms with Gasteiger partial charge in [0, 0.05) is 36.6 Å². The summed E-state index contributed by atoms with van der Waals surface area (Å²) in [5.74, 6) is 8.03. The third kappa shape index (κ3) is 9.11. The summed E-state index contributed by atoms with van der Waals surface area (Å²) in [6.07, 6.45) is 0.341. The van der Waals surface area contributed by atoms with Crippen LogP contribution < -0.4 is 4.40 Å². The van der Waals surface area contributed by atoms with Crippen molar-refractivity contribution in [3.8, 4) is 39.5 Å². The van der Waals surface area contributed by atoms with Gasteiger partial charge in [0.15, 0.2) is 5.65 Å². The van der Waals surface area contributed by atoms with Crippen LogP contribution in [0.3, 0.4) is 0 Å². The van der Waals surface area contributed by atoms with E-state index in [2.05, 4.69) is 132 Å². The topological polar surface area (TPSA) is 69.6 Å². The van der Waals surface area contributed by atoms with Gasteiger partial charge in [-0.3, -0.25) is 4.98 Å². The maximum atomic E-state index is 8.85. The number of hydrogen-bond acceptors (Lipinski definition) is 5. The minimum atomic E-state index is -2.30. The van der Waals surface area contributed by atoms with Crippen molar-refractivity contribution >= 4 is 61.7 Å². The standard InChI is InChI=1S/C39H31N4O.C21H22GeN.Ir/c1-23(2)31-21-26(25-13-6-5-7-14-25)22-32(24(3)4)36(31)43-38(40-35-29-16-8-10-19-33(29)41-42-39(35)43)30-18-12-17-28-27-15-9-11-20-34(27)44-37(28)30;1-22(2,3)20-16-23-21(18-12-8-5-9-13-18)15-19(20)14-17-10-6-4-7-11-17;/h5-17,19-24H,1-4H3;4-12,15-16H,14H2,1-3H3;/q2*-1;/i;14D2;. The van der Waals surface area contributed by atoms with Gasteiger partial charge in [0.2, 0.25) is 0 Å². The molecule has 4 heterocycles. The molecule has 8 heteroatoms. The second-order valence-corrected chi connectivity index (χ2v) is 29.2. The molecule has 0 amide bonds. The smallest absolute Gasteiger partial charge is 0 e. The summed E-state index contributed by atoms with van der Waals surface area (Å²) in [6, 6.07) is 61.3. The average molecular weight is 1130 g/mol. The number of nitrogens with zero attached hydrogens (tertiary/aromatic N) is 5. The number of benzene rings is 7. The SMILES string of the molecule is CC(C)c1cc(-c2ccccc2)cc(C(C)C)c1-n1c(-c2[c-]ccc3c2oc2ccccc23)nc2c3ccccc3nnc21.[2H]C([2H])(c1ccccc1)c1cc(-c2[c-]cccc2)nc[c]1[Ge]([CH3])([CH3])[CH3].[Ir]. The molecule has 4 aromatic heterocycles. The summed E-state index contributed by atoms with van der Waals surface area (Å²) in [7, 11) is 0. The van der Waals surface area contributed by atoms with E-state index in [4.69, 9.17) is 17.2 Å². The Morgan fingerprint density at radius 3 is 2.01 bits per heavy atom. The van der Waals surface area contributed by atoms with Gasteiger partial charge in [-0.2, -0.15) is 0 Å². The fourth-order valence-electron chi connectivity index (χ4n) is 8.93. The Kier molecular flexibility index (Phi) is 12.7. The van der Waals surface area contributed by atoms with Crippen molar-refractivity contribution in [2.24, 2.45) is 0 Å². The molecule has 0 atom stereocenters. The Labute approximate surface area is 418 Å². The molecule has 0 saturated heterocycles. The number of pyridine rings is 1. The van der Waals surface area contributed by atoms with E-state index in [0.29, 0.717) is 5.56 Å². The van der Waals surface area contributed by atoms with E-state index in [1.54, 1.807) is 0 Å². The first-order chi connectivity index (χ1) is 33.3. The van der Waals surface area contributed by atoms with Crippen LogP contribution in [0.5, 0.6) is 0 Å². The zero-order chi connectivity index (χ0) is 48.0. The predicted octanol–water partition coefficient (Wildman–Crippen LogP) is 14.9. The van der Waals surface area contributed by atoms with E-state index in [1.165, 1.54) is 22.3 Å². The van der Waals surface area contributed by atoms with Crippen LogP contribution >= 0.6 is 0 Å². The van der Waals surface area contributed by atoms with Gasteiger partial charge in [0.1, 0.15) is 11.1 Å². The van der Waals surface area contributed by atoms with Crippen molar-refractivity contribution in [1.82, 2.24) is 24.7 Å². The second-order valence-electron chi connectivity index (χ2n) is 18.7. The van der Waals surface area contributed by atoms with Gasteiger partial charge >= 0.3 is 144 Å². The monoisotopic (exact) mass is 1130 g/mol. The first kappa shape index (κ1) is 44.0. The minimum absolute atomic E-state index is 0. The van der Waals surface area contributed by atoms with Gasteiger partial charge in [-0.05, 0) is 58.4 Å². The molecule has 0 bridgehead atoms. The van der Waals surface area contributed by atoms with Crippen molar-refractivity contribution in [2.75, 3.05) is 0 Å². The fourth-order valence-corrected chi connectivity index (χ4v) is 11.9. The molecular formula is C60H53GeIrN5O-2. The molecule has 0 unspecified atom stereocenters. The maximum Gasteiger partial charge on any atom is 0 e. The van der Waals surface area contributed by atoms with Crippen LogP contribution in [0.15, 0.2) is 174 Å². The maximum absolute atomic E-state index is 8.85. The number of fused-ring (bicyclic) bond motifs is 6. The van der Waals surface area contributed by atoms with Crippen LogP contribution in [0.1, 0.15) is 64.5 Å². The van der Waals surface area contributed by atoms with Crippen LogP contribution in [0.2, 0.25) is 17.3 Å². The minimum Gasteiger partial charge on any atom is 0 e. The fraction of sp³-hybridized carbons (Fsp3) is 0.167. The average Bonchev–Trinajstić information content (AvgIpc) is 3.96. The summed E-state index contributed by atoms with van der Waals surface area (Å²) in [5.41, 5.74) is 13.8. The molecule has 68 heavy (non-hydrogen) atoms. The summed E-state index contributed by atoms with van der Waals surface area (Å²) < 4.78 is 27.5. The Morgan fingerprint density at radius 1 is 0.662 bits per heavy atom. The van der Waals surface area contributed by atoms with E-state index >= 15 is 0 Å². The first-order valence-electron chi connectivity index (χ1n) is 24.0. The first-order valence-corrected chi connectivity index (χ1v) is 30.4. The molecule has 0 N–H and O–H groups in total. The van der Waals surface area contributed by atoms with Crippen LogP contribution in [0.4, 0.5) is 0 Å². The van der Waals surface area contributed by atoms with E-state index in [0.717, 1.165) is 82.3 Å². The summed E-state index contributed by atoms with van der Waals surface area (Å²) >= 11 is -2.30. The molecule has 1 radical (unpaired) electrons. The van der Waals surface area contributed by atoms with Gasteiger partial charge in [-0.25, -0.2) is 0 Å². The molecule has 339 valence electrons. The van der Waals surface area contributed by atoms with Crippen LogP contribution in [0.25, 0.3) is 83.5 Å². The molecule has 0 saturated carbocycles. The molecule has 6 nitrogen and oxygen atoms in total. The van der Waals surface area contributed by atoms with Gasteiger partial charge in [0.25, 0.3) is 0 Å². The zero-order valence-corrected chi connectivity index (χ0v) is 43.8. The van der Waals surface area contributed by atoms with Crippen molar-refractivity contribution in [3.05, 3.63) is 204 Å². The Morgan fingerprint density at radius 2 is 1.32 bits per heavy atom. The summed E-state index contributed by atoms with van der Waals surface area (Å²) in [4.78, 5) is 9.99. The number of hydrogen-bond donors (Lipinski definition) is 0. The normalized spacial score (nSPS) is 12.3. The van der Waals surface area contributed by atoms with Crippen LogP contribution in [-0.2, 0) is 26.5 Å². The van der Waals surface area contributed by atoms with Gasteiger partial charge in [-0.15, -0.1) is 28.4 Å². The molecule has 11 aromatic rings. The molecule has 0 aliphatic heterocycles. The Balaban J connectivity index is 0.000000200. The number of furan rings is 1. The van der Waals surface area contributed by atoms with Gasteiger partial charge < -0.3 is 8.98 Å². The molecule has 11 rings (SSSR count). The number of rotatable bonds is 9. The summed E-state index contributed by atoms with van der Waals surface area (Å²) in [5, 5.41) is 12.6. The molecule has 0 spiro atoms. The Hall–Kier alpha value is -6.51. The van der Waals surface area contributed by atoms with Crippen LogP contribution in [-0.4, -0.2) is 38.0 Å². The van der Waals surface area contributed by atoms with Gasteiger partial charge in [-0.1, -0.05) is 105 Å². The number of imidazole rings is 1. The molecule has 0 aliphatic carbocycles. The Bertz CT molecular complexity index is 3610. The molecule has 7 aromatic carbocycles. The predicted molar refractivity (Wildman–Crippen MR) is 280 cm³/mol. The van der Waals surface area contributed by atoms with E-state index in [9.17, 15) is 0 Å². The van der Waals surface area contributed by atoms with Crippen molar-refractivity contribution in [3.63, 3.8) is 0 Å². The molecule has 0 fully saturated rings. The van der Waals surface area contributed by atoms with Crippen LogP contribution in [0, 0.1) is 12.1 Å². The third-order valence-corrected chi connectivity index (χ3v) is 16.5.